The maximum Gasteiger partial charge on any atom is 0.416 e. The summed E-state index contributed by atoms with van der Waals surface area (Å²) in [5.74, 6) is -0.0350. The van der Waals surface area contributed by atoms with Gasteiger partial charge in [-0.1, -0.05) is 6.07 Å². The monoisotopic (exact) mass is 454 g/mol. The van der Waals surface area contributed by atoms with Crippen LogP contribution >= 0.6 is 0 Å². The first-order valence-electron chi connectivity index (χ1n) is 10.7. The number of esters is 1. The van der Waals surface area contributed by atoms with Crippen LogP contribution in [0.1, 0.15) is 35.7 Å². The van der Waals surface area contributed by atoms with Crippen LogP contribution in [0.5, 0.6) is 0 Å². The summed E-state index contributed by atoms with van der Waals surface area (Å²) < 4.78 is 50.2. The van der Waals surface area contributed by atoms with Gasteiger partial charge in [0.05, 0.1) is 29.4 Å². The molecule has 0 amide bonds. The molecule has 2 aromatic heterocycles. The lowest BCUT2D eigenvalue weighted by Crippen LogP contribution is -2.27. The number of methoxy groups -OCH3 is 1. The van der Waals surface area contributed by atoms with Gasteiger partial charge in [0.15, 0.2) is 5.76 Å². The van der Waals surface area contributed by atoms with Crippen molar-refractivity contribution < 1.29 is 27.1 Å². The van der Waals surface area contributed by atoms with E-state index in [1.165, 1.54) is 13.2 Å². The Labute approximate surface area is 187 Å². The van der Waals surface area contributed by atoms with Crippen molar-refractivity contribution in [3.63, 3.8) is 0 Å². The molecule has 0 unspecified atom stereocenters. The number of benzene rings is 2. The molecule has 0 radical (unpaired) electrons. The molecule has 0 N–H and O–H groups in total. The van der Waals surface area contributed by atoms with Crippen LogP contribution in [0, 0.1) is 0 Å². The Balaban J connectivity index is 1.69. The highest BCUT2D eigenvalue weighted by atomic mass is 19.4. The van der Waals surface area contributed by atoms with Gasteiger partial charge in [-0.3, -0.25) is 0 Å². The summed E-state index contributed by atoms with van der Waals surface area (Å²) in [5, 5.41) is 1.34. The zero-order chi connectivity index (χ0) is 23.3. The summed E-state index contributed by atoms with van der Waals surface area (Å²) in [6, 6.07) is 12.5. The smallest absolute Gasteiger partial charge is 0.416 e. The van der Waals surface area contributed by atoms with Gasteiger partial charge in [-0.15, -0.1) is 0 Å². The predicted molar refractivity (Wildman–Crippen MR) is 119 cm³/mol. The van der Waals surface area contributed by atoms with Crippen molar-refractivity contribution in [2.75, 3.05) is 18.6 Å². The van der Waals surface area contributed by atoms with Gasteiger partial charge in [-0.2, -0.15) is 13.2 Å². The minimum absolute atomic E-state index is 0.156. The third-order valence-electron chi connectivity index (χ3n) is 6.16. The number of hydrogen-bond donors (Lipinski definition) is 0. The van der Waals surface area contributed by atoms with Crippen LogP contribution in [-0.4, -0.2) is 30.6 Å². The molecule has 5 nitrogen and oxygen atoms in total. The third kappa shape index (κ3) is 3.79. The fraction of sp³-hybridized carbons (Fsp3) is 0.280. The molecule has 1 fully saturated rings. The first-order chi connectivity index (χ1) is 15.7. The highest BCUT2D eigenvalue weighted by Gasteiger charge is 2.31. The van der Waals surface area contributed by atoms with E-state index in [-0.39, 0.29) is 11.6 Å². The first kappa shape index (κ1) is 21.3. The molecule has 4 aromatic rings. The van der Waals surface area contributed by atoms with Crippen LogP contribution < -0.4 is 4.90 Å². The average molecular weight is 454 g/mol. The molecular weight excluding hydrogens is 433 g/mol. The van der Waals surface area contributed by atoms with Gasteiger partial charge in [0, 0.05) is 23.4 Å². The van der Waals surface area contributed by atoms with E-state index in [2.05, 4.69) is 11.8 Å². The van der Waals surface area contributed by atoms with Crippen LogP contribution in [-0.2, 0) is 10.9 Å². The van der Waals surface area contributed by atoms with Crippen LogP contribution in [0.15, 0.2) is 52.9 Å². The number of furan rings is 1. The van der Waals surface area contributed by atoms with E-state index in [9.17, 15) is 18.0 Å². The molecule has 1 saturated heterocycles. The van der Waals surface area contributed by atoms with Gasteiger partial charge in [-0.05, 0) is 62.2 Å². The lowest BCUT2D eigenvalue weighted by molar-refractivity contribution is -0.137. The topological polar surface area (TPSA) is 55.6 Å². The Kier molecular flexibility index (Phi) is 5.03. The molecule has 33 heavy (non-hydrogen) atoms. The standard InChI is InChI=1S/C25H21F3N2O3/c1-14-4-3-9-30(14)20-11-17-10-16(24(31)32-2)6-8-19(17)29-23(20)22-12-15-5-7-18(25(26,27)28)13-21(15)33-22/h5-8,10-14H,3-4,9H2,1-2H3/t14-/m0/s1. The van der Waals surface area contributed by atoms with Crippen LogP contribution in [0.3, 0.4) is 0 Å². The number of pyridine rings is 1. The number of carbonyl (C=O) groups excluding carboxylic acids is 1. The molecule has 8 heteroatoms. The summed E-state index contributed by atoms with van der Waals surface area (Å²) in [6.45, 7) is 2.95. The molecule has 0 saturated carbocycles. The second-order valence-corrected chi connectivity index (χ2v) is 8.30. The van der Waals surface area contributed by atoms with Gasteiger partial charge in [-0.25, -0.2) is 9.78 Å². The second kappa shape index (κ2) is 7.79. The number of aromatic nitrogens is 1. The Morgan fingerprint density at radius 2 is 1.94 bits per heavy atom. The highest BCUT2D eigenvalue weighted by Crippen LogP contribution is 2.39. The summed E-state index contributed by atoms with van der Waals surface area (Å²) in [5.41, 5.74) is 1.85. The van der Waals surface area contributed by atoms with E-state index in [1.807, 2.05) is 6.07 Å². The van der Waals surface area contributed by atoms with E-state index >= 15 is 0 Å². The number of hydrogen-bond acceptors (Lipinski definition) is 5. The first-order valence-corrected chi connectivity index (χ1v) is 10.7. The van der Waals surface area contributed by atoms with Crippen LogP contribution in [0.2, 0.25) is 0 Å². The van der Waals surface area contributed by atoms with Crippen molar-refractivity contribution in [2.45, 2.75) is 32.0 Å². The number of fused-ring (bicyclic) bond motifs is 2. The molecule has 1 aliphatic rings. The van der Waals surface area contributed by atoms with E-state index in [1.54, 1.807) is 24.3 Å². The fourth-order valence-corrected chi connectivity index (χ4v) is 4.43. The quantitative estimate of drug-likeness (QED) is 0.333. The molecule has 1 atom stereocenters. The molecule has 0 bridgehead atoms. The number of alkyl halides is 3. The third-order valence-corrected chi connectivity index (χ3v) is 6.16. The molecule has 5 rings (SSSR count). The van der Waals surface area contributed by atoms with Gasteiger partial charge < -0.3 is 14.1 Å². The van der Waals surface area contributed by atoms with Crippen molar-refractivity contribution in [2.24, 2.45) is 0 Å². The van der Waals surface area contributed by atoms with Crippen molar-refractivity contribution >= 4 is 33.5 Å². The SMILES string of the molecule is COC(=O)c1ccc2nc(-c3cc4ccc(C(F)(F)F)cc4o3)c(N3CCC[C@@H]3C)cc2c1. The number of anilines is 1. The van der Waals surface area contributed by atoms with Crippen molar-refractivity contribution in [1.82, 2.24) is 4.98 Å². The van der Waals surface area contributed by atoms with E-state index in [4.69, 9.17) is 14.1 Å². The predicted octanol–water partition coefficient (Wildman–Crippen LogP) is 6.44. The van der Waals surface area contributed by atoms with Crippen molar-refractivity contribution in [3.8, 4) is 11.5 Å². The molecule has 170 valence electrons. The summed E-state index contributed by atoms with van der Waals surface area (Å²) >= 11 is 0. The maximum absolute atomic E-state index is 13.2. The van der Waals surface area contributed by atoms with Crippen molar-refractivity contribution in [3.05, 3.63) is 59.7 Å². The number of nitrogens with zero attached hydrogens (tertiary/aromatic N) is 2. The molecule has 0 spiro atoms. The average Bonchev–Trinajstić information content (AvgIpc) is 3.42. The zero-order valence-electron chi connectivity index (χ0n) is 18.1. The molecular formula is C25H21F3N2O3. The minimum atomic E-state index is -4.45. The Bertz CT molecular complexity index is 1380. The number of rotatable bonds is 3. The van der Waals surface area contributed by atoms with E-state index in [0.717, 1.165) is 42.6 Å². The normalized spacial score (nSPS) is 16.6. The van der Waals surface area contributed by atoms with Gasteiger partial charge >= 0.3 is 12.1 Å². The van der Waals surface area contributed by atoms with Gasteiger partial charge in [0.2, 0.25) is 0 Å². The summed E-state index contributed by atoms with van der Waals surface area (Å²) in [4.78, 5) is 19.0. The molecule has 3 heterocycles. The van der Waals surface area contributed by atoms with E-state index in [0.29, 0.717) is 27.9 Å². The molecule has 1 aliphatic heterocycles. The number of halogens is 3. The van der Waals surface area contributed by atoms with Crippen LogP contribution in [0.4, 0.5) is 18.9 Å². The molecule has 0 aliphatic carbocycles. The second-order valence-electron chi connectivity index (χ2n) is 8.30. The Morgan fingerprint density at radius 1 is 1.12 bits per heavy atom. The zero-order valence-corrected chi connectivity index (χ0v) is 18.1. The van der Waals surface area contributed by atoms with Crippen LogP contribution in [0.25, 0.3) is 33.3 Å². The van der Waals surface area contributed by atoms with Crippen molar-refractivity contribution in [1.29, 1.82) is 0 Å². The highest BCUT2D eigenvalue weighted by molar-refractivity contribution is 5.97. The van der Waals surface area contributed by atoms with E-state index < -0.39 is 17.7 Å². The fourth-order valence-electron chi connectivity index (χ4n) is 4.43. The number of carbonyl (C=O) groups is 1. The summed E-state index contributed by atoms with van der Waals surface area (Å²) in [7, 11) is 1.33. The Morgan fingerprint density at radius 3 is 2.64 bits per heavy atom. The molecule has 2 aromatic carbocycles. The lowest BCUT2D eigenvalue weighted by Gasteiger charge is -2.26. The minimum Gasteiger partial charge on any atom is -0.465 e. The van der Waals surface area contributed by atoms with Gasteiger partial charge in [0.25, 0.3) is 0 Å². The van der Waals surface area contributed by atoms with Gasteiger partial charge in [0.1, 0.15) is 11.3 Å². The number of ether oxygens (including phenoxy) is 1. The Hall–Kier alpha value is -3.55. The largest absolute Gasteiger partial charge is 0.465 e. The lowest BCUT2D eigenvalue weighted by atomic mass is 10.1. The maximum atomic E-state index is 13.2. The summed E-state index contributed by atoms with van der Waals surface area (Å²) in [6.07, 6.45) is -2.40.